The first kappa shape index (κ1) is 10.5. The first-order valence-corrected chi connectivity index (χ1v) is 5.74. The van der Waals surface area contributed by atoms with Crippen molar-refractivity contribution < 1.29 is 4.79 Å². The van der Waals surface area contributed by atoms with Crippen LogP contribution in [0.4, 0.5) is 4.79 Å². The van der Waals surface area contributed by atoms with Gasteiger partial charge in [0, 0.05) is 18.1 Å². The van der Waals surface area contributed by atoms with E-state index >= 15 is 0 Å². The van der Waals surface area contributed by atoms with Crippen molar-refractivity contribution in [2.24, 2.45) is 0 Å². The zero-order valence-electron chi connectivity index (χ0n) is 8.53. The Balaban J connectivity index is 2.30. The molecule has 0 saturated carbocycles. The molecule has 0 aliphatic carbocycles. The van der Waals surface area contributed by atoms with Crippen LogP contribution in [-0.4, -0.2) is 24.5 Å². The van der Waals surface area contributed by atoms with Crippen molar-refractivity contribution in [3.05, 3.63) is 34.3 Å². The van der Waals surface area contributed by atoms with Crippen molar-refractivity contribution in [1.29, 1.82) is 0 Å². The molecule has 0 spiro atoms. The minimum Gasteiger partial charge on any atom is -0.338 e. The van der Waals surface area contributed by atoms with E-state index in [0.717, 1.165) is 17.4 Å². The highest BCUT2D eigenvalue weighted by molar-refractivity contribution is 9.10. The van der Waals surface area contributed by atoms with Gasteiger partial charge in [0.1, 0.15) is 0 Å². The maximum atomic E-state index is 11.5. The van der Waals surface area contributed by atoms with Crippen LogP contribution in [0.2, 0.25) is 0 Å². The van der Waals surface area contributed by atoms with Gasteiger partial charge in [0.25, 0.3) is 0 Å². The number of hydrogen-bond donors (Lipinski definition) is 1. The number of hydrogen-bond acceptors (Lipinski definition) is 1. The summed E-state index contributed by atoms with van der Waals surface area (Å²) in [6.45, 7) is 0.745. The molecule has 0 radical (unpaired) electrons. The van der Waals surface area contributed by atoms with Crippen molar-refractivity contribution >= 4 is 22.0 Å². The largest absolute Gasteiger partial charge is 0.338 e. The molecule has 1 saturated heterocycles. The van der Waals surface area contributed by atoms with E-state index in [2.05, 4.69) is 27.3 Å². The average molecular weight is 269 g/mol. The van der Waals surface area contributed by atoms with E-state index < -0.39 is 0 Å². The van der Waals surface area contributed by atoms with Gasteiger partial charge in [-0.05, 0) is 18.1 Å². The van der Waals surface area contributed by atoms with Crippen LogP contribution >= 0.6 is 15.9 Å². The topological polar surface area (TPSA) is 32.3 Å². The highest BCUT2D eigenvalue weighted by Gasteiger charge is 2.26. The van der Waals surface area contributed by atoms with Gasteiger partial charge in [-0.1, -0.05) is 34.1 Å². The second kappa shape index (κ2) is 4.23. The van der Waals surface area contributed by atoms with Crippen molar-refractivity contribution in [2.45, 2.75) is 12.5 Å². The molecule has 1 aromatic rings. The third-order valence-electron chi connectivity index (χ3n) is 2.75. The van der Waals surface area contributed by atoms with Gasteiger partial charge < -0.3 is 10.2 Å². The zero-order chi connectivity index (χ0) is 10.8. The Hall–Kier alpha value is -1.03. The van der Waals surface area contributed by atoms with Crippen LogP contribution in [0.1, 0.15) is 18.0 Å². The summed E-state index contributed by atoms with van der Waals surface area (Å²) < 4.78 is 1.07. The second-order valence-electron chi connectivity index (χ2n) is 3.67. The number of carbonyl (C=O) groups excluding carboxylic acids is 1. The monoisotopic (exact) mass is 268 g/mol. The number of halogens is 1. The van der Waals surface area contributed by atoms with Crippen molar-refractivity contribution in [2.75, 3.05) is 13.6 Å². The predicted molar refractivity (Wildman–Crippen MR) is 62.7 cm³/mol. The van der Waals surface area contributed by atoms with Crippen LogP contribution in [0.3, 0.4) is 0 Å². The summed E-state index contributed by atoms with van der Waals surface area (Å²) in [6, 6.07) is 8.23. The first-order valence-electron chi connectivity index (χ1n) is 4.95. The summed E-state index contributed by atoms with van der Waals surface area (Å²) >= 11 is 3.52. The van der Waals surface area contributed by atoms with Gasteiger partial charge in [0.2, 0.25) is 0 Å². The molecule has 1 heterocycles. The molecule has 1 N–H and O–H groups in total. The van der Waals surface area contributed by atoms with Crippen LogP contribution < -0.4 is 5.32 Å². The molecule has 1 aliphatic rings. The summed E-state index contributed by atoms with van der Waals surface area (Å²) in [5.41, 5.74) is 1.18. The second-order valence-corrected chi connectivity index (χ2v) is 4.52. The van der Waals surface area contributed by atoms with E-state index in [1.807, 2.05) is 25.2 Å². The Morgan fingerprint density at radius 1 is 1.47 bits per heavy atom. The van der Waals surface area contributed by atoms with Gasteiger partial charge in [0.05, 0.1) is 6.04 Å². The van der Waals surface area contributed by atoms with Crippen LogP contribution in [0.25, 0.3) is 0 Å². The summed E-state index contributed by atoms with van der Waals surface area (Å²) in [4.78, 5) is 13.2. The van der Waals surface area contributed by atoms with E-state index in [1.165, 1.54) is 5.56 Å². The van der Waals surface area contributed by atoms with Gasteiger partial charge >= 0.3 is 6.03 Å². The molecule has 1 atom stereocenters. The Morgan fingerprint density at radius 2 is 2.20 bits per heavy atom. The average Bonchev–Trinajstić information content (AvgIpc) is 2.23. The lowest BCUT2D eigenvalue weighted by Gasteiger charge is -2.33. The molecular formula is C11H13BrN2O. The Bertz CT molecular complexity index is 381. The molecule has 3 nitrogen and oxygen atoms in total. The summed E-state index contributed by atoms with van der Waals surface area (Å²) in [6.07, 6.45) is 0.949. The summed E-state index contributed by atoms with van der Waals surface area (Å²) in [5.74, 6) is 0. The molecule has 2 amide bonds. The summed E-state index contributed by atoms with van der Waals surface area (Å²) in [5, 5.41) is 2.82. The van der Waals surface area contributed by atoms with E-state index in [4.69, 9.17) is 0 Å². The molecule has 1 aromatic carbocycles. The zero-order valence-corrected chi connectivity index (χ0v) is 10.1. The number of amides is 2. The van der Waals surface area contributed by atoms with Crippen molar-refractivity contribution in [1.82, 2.24) is 10.2 Å². The fraction of sp³-hybridized carbons (Fsp3) is 0.364. The smallest absolute Gasteiger partial charge is 0.317 e. The first-order chi connectivity index (χ1) is 7.20. The number of rotatable bonds is 1. The summed E-state index contributed by atoms with van der Waals surface area (Å²) in [7, 11) is 1.83. The minimum atomic E-state index is 0.00185. The third-order valence-corrected chi connectivity index (χ3v) is 3.47. The Labute approximate surface area is 97.6 Å². The third kappa shape index (κ3) is 2.00. The molecule has 4 heteroatoms. The Morgan fingerprint density at radius 3 is 2.93 bits per heavy atom. The lowest BCUT2D eigenvalue weighted by molar-refractivity contribution is 0.171. The van der Waals surface area contributed by atoms with E-state index in [9.17, 15) is 4.79 Å². The molecule has 0 bridgehead atoms. The maximum Gasteiger partial charge on any atom is 0.317 e. The van der Waals surface area contributed by atoms with Gasteiger partial charge in [-0.2, -0.15) is 0 Å². The Kier molecular flexibility index (Phi) is 2.95. The fourth-order valence-electron chi connectivity index (χ4n) is 1.89. The van der Waals surface area contributed by atoms with E-state index in [1.54, 1.807) is 4.90 Å². The molecular weight excluding hydrogens is 256 g/mol. The normalized spacial score (nSPS) is 21.3. The quantitative estimate of drug-likeness (QED) is 0.834. The van der Waals surface area contributed by atoms with Gasteiger partial charge in [-0.25, -0.2) is 4.79 Å². The van der Waals surface area contributed by atoms with Crippen LogP contribution in [0, 0.1) is 0 Å². The number of carbonyl (C=O) groups is 1. The lowest BCUT2D eigenvalue weighted by atomic mass is 10.0. The van der Waals surface area contributed by atoms with Crippen molar-refractivity contribution in [3.8, 4) is 0 Å². The van der Waals surface area contributed by atoms with E-state index in [-0.39, 0.29) is 12.1 Å². The van der Waals surface area contributed by atoms with Gasteiger partial charge in [0.15, 0.2) is 0 Å². The number of nitrogens with one attached hydrogen (secondary N) is 1. The molecule has 0 aromatic heterocycles. The van der Waals surface area contributed by atoms with Gasteiger partial charge in [-0.15, -0.1) is 0 Å². The lowest BCUT2D eigenvalue weighted by Crippen LogP contribution is -2.45. The van der Waals surface area contributed by atoms with Gasteiger partial charge in [-0.3, -0.25) is 0 Å². The predicted octanol–water partition coefficient (Wildman–Crippen LogP) is 2.54. The minimum absolute atomic E-state index is 0.00185. The standard InChI is InChI=1S/C11H13BrN2O/c1-14-10(6-7-13-11(14)15)8-4-2-3-5-9(8)12/h2-5,10H,6-7H2,1H3,(H,13,15). The maximum absolute atomic E-state index is 11.5. The molecule has 1 unspecified atom stereocenters. The van der Waals surface area contributed by atoms with Crippen LogP contribution in [-0.2, 0) is 0 Å². The molecule has 15 heavy (non-hydrogen) atoms. The van der Waals surface area contributed by atoms with Crippen LogP contribution in [0.5, 0.6) is 0 Å². The van der Waals surface area contributed by atoms with E-state index in [0.29, 0.717) is 0 Å². The number of benzene rings is 1. The van der Waals surface area contributed by atoms with Crippen molar-refractivity contribution in [3.63, 3.8) is 0 Å². The number of nitrogens with zero attached hydrogens (tertiary/aromatic N) is 1. The molecule has 1 fully saturated rings. The SMILES string of the molecule is CN1C(=O)NCCC1c1ccccc1Br. The van der Waals surface area contributed by atoms with Crippen LogP contribution in [0.15, 0.2) is 28.7 Å². The molecule has 2 rings (SSSR count). The highest BCUT2D eigenvalue weighted by Crippen LogP contribution is 2.30. The molecule has 80 valence electrons. The molecule has 1 aliphatic heterocycles. The highest BCUT2D eigenvalue weighted by atomic mass is 79.9. The fourth-order valence-corrected chi connectivity index (χ4v) is 2.43. The number of urea groups is 1.